The van der Waals surface area contributed by atoms with Gasteiger partial charge >= 0.3 is 5.97 Å². The number of carbonyl (C=O) groups is 3. The summed E-state index contributed by atoms with van der Waals surface area (Å²) in [4.78, 5) is 35.8. The number of nitrogens with two attached hydrogens (primary N) is 1. The summed E-state index contributed by atoms with van der Waals surface area (Å²) >= 11 is 1.34. The first-order chi connectivity index (χ1) is 12.0. The number of amides is 2. The average Bonchev–Trinajstić information content (AvgIpc) is 2.61. The normalized spacial score (nSPS) is 11.4. The van der Waals surface area contributed by atoms with Crippen LogP contribution >= 0.6 is 11.8 Å². The van der Waals surface area contributed by atoms with Crippen molar-refractivity contribution in [1.82, 2.24) is 0 Å². The van der Waals surface area contributed by atoms with Crippen molar-refractivity contribution in [3.63, 3.8) is 0 Å². The van der Waals surface area contributed by atoms with E-state index in [1.165, 1.54) is 30.8 Å². The van der Waals surface area contributed by atoms with Gasteiger partial charge < -0.3 is 15.8 Å². The van der Waals surface area contributed by atoms with E-state index in [0.717, 1.165) is 4.90 Å². The predicted octanol–water partition coefficient (Wildman–Crippen LogP) is 2.45. The van der Waals surface area contributed by atoms with E-state index in [1.54, 1.807) is 12.1 Å². The third kappa shape index (κ3) is 5.96. The van der Waals surface area contributed by atoms with Crippen LogP contribution in [0.1, 0.15) is 17.3 Å². The first kappa shape index (κ1) is 18.5. The number of carbonyl (C=O) groups excluding carboxylic acids is 3. The fourth-order valence-corrected chi connectivity index (χ4v) is 2.61. The Hall–Kier alpha value is -2.80. The minimum atomic E-state index is -0.931. The van der Waals surface area contributed by atoms with E-state index < -0.39 is 23.9 Å². The molecule has 2 aromatic carbocycles. The zero-order chi connectivity index (χ0) is 18.2. The standard InChI is InChI=1S/C18H18N2O4S/c1-12(24-16(21)11-25-15-5-3-2-4-6-15)18(23)20-14-9-7-13(8-10-14)17(19)22/h2-10,12H,11H2,1H3,(H2,19,22)(H,20,23)/t12-/m0/s1. The SMILES string of the molecule is C[C@H](OC(=O)CSc1ccccc1)C(=O)Nc1ccc(C(N)=O)cc1. The van der Waals surface area contributed by atoms with Gasteiger partial charge in [0.05, 0.1) is 5.75 Å². The van der Waals surface area contributed by atoms with E-state index in [-0.39, 0.29) is 5.75 Å². The molecule has 0 spiro atoms. The van der Waals surface area contributed by atoms with Gasteiger partial charge in [-0.05, 0) is 43.3 Å². The van der Waals surface area contributed by atoms with E-state index in [0.29, 0.717) is 11.3 Å². The summed E-state index contributed by atoms with van der Waals surface area (Å²) in [6, 6.07) is 15.6. The maximum Gasteiger partial charge on any atom is 0.317 e. The van der Waals surface area contributed by atoms with Gasteiger partial charge in [-0.2, -0.15) is 0 Å². The summed E-state index contributed by atoms with van der Waals surface area (Å²) < 4.78 is 5.12. The van der Waals surface area contributed by atoms with Crippen LogP contribution in [0.2, 0.25) is 0 Å². The van der Waals surface area contributed by atoms with E-state index in [4.69, 9.17) is 10.5 Å². The van der Waals surface area contributed by atoms with Crippen molar-refractivity contribution >= 4 is 35.2 Å². The van der Waals surface area contributed by atoms with Gasteiger partial charge in [0.1, 0.15) is 0 Å². The number of esters is 1. The molecule has 2 rings (SSSR count). The molecule has 2 amide bonds. The van der Waals surface area contributed by atoms with Crippen molar-refractivity contribution in [2.75, 3.05) is 11.1 Å². The first-order valence-electron chi connectivity index (χ1n) is 7.54. The second-order valence-corrected chi connectivity index (χ2v) is 6.21. The van der Waals surface area contributed by atoms with Crippen LogP contribution in [0, 0.1) is 0 Å². The molecule has 130 valence electrons. The predicted molar refractivity (Wildman–Crippen MR) is 96.3 cm³/mol. The summed E-state index contributed by atoms with van der Waals surface area (Å²) in [6.07, 6.45) is -0.931. The van der Waals surface area contributed by atoms with E-state index >= 15 is 0 Å². The molecule has 0 unspecified atom stereocenters. The molecular formula is C18H18N2O4S. The Labute approximate surface area is 149 Å². The highest BCUT2D eigenvalue weighted by Gasteiger charge is 2.18. The van der Waals surface area contributed by atoms with Gasteiger partial charge in [0, 0.05) is 16.1 Å². The number of hydrogen-bond acceptors (Lipinski definition) is 5. The van der Waals surface area contributed by atoms with E-state index in [2.05, 4.69) is 5.32 Å². The minimum absolute atomic E-state index is 0.120. The molecule has 0 bridgehead atoms. The van der Waals surface area contributed by atoms with Crippen molar-refractivity contribution < 1.29 is 19.1 Å². The monoisotopic (exact) mass is 358 g/mol. The number of rotatable bonds is 7. The zero-order valence-corrected chi connectivity index (χ0v) is 14.4. The molecule has 0 fully saturated rings. The first-order valence-corrected chi connectivity index (χ1v) is 8.52. The van der Waals surface area contributed by atoms with Crippen LogP contribution in [0.3, 0.4) is 0 Å². The third-order valence-corrected chi connectivity index (χ3v) is 4.20. The van der Waals surface area contributed by atoms with Crippen molar-refractivity contribution in [1.29, 1.82) is 0 Å². The van der Waals surface area contributed by atoms with Gasteiger partial charge in [-0.15, -0.1) is 11.8 Å². The molecule has 0 saturated heterocycles. The van der Waals surface area contributed by atoms with Crippen molar-refractivity contribution in [2.24, 2.45) is 5.73 Å². The van der Waals surface area contributed by atoms with Crippen molar-refractivity contribution in [2.45, 2.75) is 17.9 Å². The fourth-order valence-electron chi connectivity index (χ4n) is 1.91. The van der Waals surface area contributed by atoms with Crippen LogP contribution in [0.5, 0.6) is 0 Å². The molecule has 2 aromatic rings. The van der Waals surface area contributed by atoms with Crippen LogP contribution in [-0.2, 0) is 14.3 Å². The van der Waals surface area contributed by atoms with Crippen LogP contribution in [0.15, 0.2) is 59.5 Å². The van der Waals surface area contributed by atoms with E-state index in [9.17, 15) is 14.4 Å². The lowest BCUT2D eigenvalue weighted by Crippen LogP contribution is -2.30. The number of hydrogen-bond donors (Lipinski definition) is 2. The zero-order valence-electron chi connectivity index (χ0n) is 13.6. The Morgan fingerprint density at radius 1 is 1.08 bits per heavy atom. The van der Waals surface area contributed by atoms with Crippen LogP contribution in [0.4, 0.5) is 5.69 Å². The fraction of sp³-hybridized carbons (Fsp3) is 0.167. The smallest absolute Gasteiger partial charge is 0.317 e. The van der Waals surface area contributed by atoms with Gasteiger partial charge in [-0.3, -0.25) is 14.4 Å². The molecule has 1 atom stereocenters. The summed E-state index contributed by atoms with van der Waals surface area (Å²) in [5.74, 6) is -1.35. The molecule has 0 heterocycles. The average molecular weight is 358 g/mol. The highest BCUT2D eigenvalue weighted by Crippen LogP contribution is 2.17. The molecule has 0 aliphatic rings. The van der Waals surface area contributed by atoms with Gasteiger partial charge in [0.2, 0.25) is 5.91 Å². The van der Waals surface area contributed by atoms with Crippen LogP contribution in [0.25, 0.3) is 0 Å². The van der Waals surface area contributed by atoms with Crippen molar-refractivity contribution in [3.8, 4) is 0 Å². The van der Waals surface area contributed by atoms with Gasteiger partial charge in [-0.25, -0.2) is 0 Å². The summed E-state index contributed by atoms with van der Waals surface area (Å²) in [6.45, 7) is 1.50. The third-order valence-electron chi connectivity index (χ3n) is 3.21. The lowest BCUT2D eigenvalue weighted by atomic mass is 10.2. The summed E-state index contributed by atoms with van der Waals surface area (Å²) in [7, 11) is 0. The molecule has 6 nitrogen and oxygen atoms in total. The number of ether oxygens (including phenoxy) is 1. The van der Waals surface area contributed by atoms with Gasteiger partial charge in [0.25, 0.3) is 5.91 Å². The molecule has 7 heteroatoms. The Balaban J connectivity index is 1.81. The largest absolute Gasteiger partial charge is 0.452 e. The van der Waals surface area contributed by atoms with Crippen LogP contribution in [-0.4, -0.2) is 29.6 Å². The molecule has 0 saturated carbocycles. The highest BCUT2D eigenvalue weighted by molar-refractivity contribution is 8.00. The topological polar surface area (TPSA) is 98.5 Å². The number of benzene rings is 2. The molecule has 0 aromatic heterocycles. The Morgan fingerprint density at radius 2 is 1.72 bits per heavy atom. The maximum atomic E-state index is 12.1. The molecule has 0 radical (unpaired) electrons. The molecular weight excluding hydrogens is 340 g/mol. The number of nitrogens with one attached hydrogen (secondary N) is 1. The molecule has 0 aliphatic carbocycles. The number of primary amides is 1. The lowest BCUT2D eigenvalue weighted by Gasteiger charge is -2.13. The summed E-state index contributed by atoms with van der Waals surface area (Å²) in [5, 5.41) is 2.61. The van der Waals surface area contributed by atoms with Crippen molar-refractivity contribution in [3.05, 3.63) is 60.2 Å². The second kappa shape index (κ2) is 8.89. The Morgan fingerprint density at radius 3 is 2.32 bits per heavy atom. The highest BCUT2D eigenvalue weighted by atomic mass is 32.2. The minimum Gasteiger partial charge on any atom is -0.452 e. The maximum absolute atomic E-state index is 12.1. The molecule has 0 aliphatic heterocycles. The van der Waals surface area contributed by atoms with Gasteiger partial charge in [0.15, 0.2) is 6.10 Å². The van der Waals surface area contributed by atoms with Gasteiger partial charge in [-0.1, -0.05) is 18.2 Å². The number of anilines is 1. The molecule has 3 N–H and O–H groups in total. The molecule has 25 heavy (non-hydrogen) atoms. The lowest BCUT2D eigenvalue weighted by molar-refractivity contribution is -0.150. The quantitative estimate of drug-likeness (QED) is 0.585. The van der Waals surface area contributed by atoms with Crippen LogP contribution < -0.4 is 11.1 Å². The Kier molecular flexibility index (Phi) is 6.59. The second-order valence-electron chi connectivity index (χ2n) is 5.16. The Bertz CT molecular complexity index is 747. The summed E-state index contributed by atoms with van der Waals surface area (Å²) in [5.41, 5.74) is 5.98. The van der Waals surface area contributed by atoms with E-state index in [1.807, 2.05) is 30.3 Å². The number of thioether (sulfide) groups is 1.